The average Bonchev–Trinajstić information content (AvgIpc) is 2.79. The van der Waals surface area contributed by atoms with Crippen molar-refractivity contribution in [3.63, 3.8) is 0 Å². The highest BCUT2D eigenvalue weighted by molar-refractivity contribution is 7.15. The summed E-state index contributed by atoms with van der Waals surface area (Å²) in [5, 5.41) is 4.11. The Balaban J connectivity index is 2.29. The van der Waals surface area contributed by atoms with Gasteiger partial charge in [-0.2, -0.15) is 0 Å². The third-order valence-electron chi connectivity index (χ3n) is 2.85. The topological polar surface area (TPSA) is 37.8 Å². The van der Waals surface area contributed by atoms with Gasteiger partial charge in [-0.15, -0.1) is 11.3 Å². The lowest BCUT2D eigenvalue weighted by molar-refractivity contribution is 0.425. The first-order valence-corrected chi connectivity index (χ1v) is 7.57. The molecule has 2 aromatic heterocycles. The predicted octanol–water partition coefficient (Wildman–Crippen LogP) is 3.79. The van der Waals surface area contributed by atoms with E-state index in [1.807, 2.05) is 0 Å². The van der Waals surface area contributed by atoms with Crippen LogP contribution in [-0.2, 0) is 13.0 Å². The second kappa shape index (κ2) is 5.97. The molecule has 1 N–H and O–H groups in total. The molecule has 0 aromatic carbocycles. The molecule has 0 radical (unpaired) electrons. The van der Waals surface area contributed by atoms with Crippen molar-refractivity contribution >= 4 is 11.3 Å². The summed E-state index contributed by atoms with van der Waals surface area (Å²) < 4.78 is 13.8. The van der Waals surface area contributed by atoms with Crippen LogP contribution in [0.4, 0.5) is 4.39 Å². The maximum absolute atomic E-state index is 13.8. The summed E-state index contributed by atoms with van der Waals surface area (Å²) >= 11 is 1.52. The molecule has 2 rings (SSSR count). The first-order chi connectivity index (χ1) is 9.40. The standard InChI is InChI=1S/C15H20FN3S/c1-5-11-12(9-18-15(2,3)4)20-14(19-11)13-10(16)7-6-8-17-13/h6-8,18H,5,9H2,1-4H3. The number of aryl methyl sites for hydroxylation is 1. The number of thiazole rings is 1. The quantitative estimate of drug-likeness (QED) is 0.932. The van der Waals surface area contributed by atoms with Gasteiger partial charge >= 0.3 is 0 Å². The van der Waals surface area contributed by atoms with Crippen molar-refractivity contribution in [3.05, 3.63) is 34.7 Å². The van der Waals surface area contributed by atoms with Crippen LogP contribution >= 0.6 is 11.3 Å². The third-order valence-corrected chi connectivity index (χ3v) is 3.96. The van der Waals surface area contributed by atoms with Crippen LogP contribution in [-0.4, -0.2) is 15.5 Å². The molecule has 5 heteroatoms. The largest absolute Gasteiger partial charge is 0.307 e. The third kappa shape index (κ3) is 3.61. The number of pyridine rings is 1. The Morgan fingerprint density at radius 2 is 2.10 bits per heavy atom. The van der Waals surface area contributed by atoms with Crippen molar-refractivity contribution in [2.45, 2.75) is 46.2 Å². The number of hydrogen-bond acceptors (Lipinski definition) is 4. The Hall–Kier alpha value is -1.33. The second-order valence-corrected chi connectivity index (χ2v) is 6.76. The van der Waals surface area contributed by atoms with Gasteiger partial charge in [0, 0.05) is 23.2 Å². The molecule has 0 aliphatic rings. The van der Waals surface area contributed by atoms with Crippen molar-refractivity contribution in [3.8, 4) is 10.7 Å². The minimum atomic E-state index is -0.320. The molecule has 0 saturated heterocycles. The molecule has 0 atom stereocenters. The van der Waals surface area contributed by atoms with E-state index in [0.29, 0.717) is 10.7 Å². The normalized spacial score (nSPS) is 11.8. The van der Waals surface area contributed by atoms with Gasteiger partial charge in [0.2, 0.25) is 0 Å². The van der Waals surface area contributed by atoms with Crippen LogP contribution < -0.4 is 5.32 Å². The van der Waals surface area contributed by atoms with Crippen LogP contribution in [0.25, 0.3) is 10.7 Å². The van der Waals surface area contributed by atoms with Gasteiger partial charge < -0.3 is 5.32 Å². The Morgan fingerprint density at radius 1 is 1.35 bits per heavy atom. The molecule has 20 heavy (non-hydrogen) atoms. The van der Waals surface area contributed by atoms with Gasteiger partial charge in [-0.3, -0.25) is 4.98 Å². The fourth-order valence-electron chi connectivity index (χ4n) is 1.79. The van der Waals surface area contributed by atoms with Crippen molar-refractivity contribution in [1.82, 2.24) is 15.3 Å². The van der Waals surface area contributed by atoms with Crippen molar-refractivity contribution in [2.75, 3.05) is 0 Å². The lowest BCUT2D eigenvalue weighted by Gasteiger charge is -2.20. The predicted molar refractivity (Wildman–Crippen MR) is 81.3 cm³/mol. The van der Waals surface area contributed by atoms with Gasteiger partial charge in [-0.1, -0.05) is 6.92 Å². The van der Waals surface area contributed by atoms with Gasteiger partial charge in [-0.05, 0) is 39.3 Å². The van der Waals surface area contributed by atoms with E-state index < -0.39 is 0 Å². The monoisotopic (exact) mass is 293 g/mol. The lowest BCUT2D eigenvalue weighted by Crippen LogP contribution is -2.35. The first kappa shape index (κ1) is 15.1. The molecule has 0 aliphatic heterocycles. The SMILES string of the molecule is CCc1nc(-c2ncccc2F)sc1CNC(C)(C)C. The molecule has 108 valence electrons. The van der Waals surface area contributed by atoms with E-state index in [9.17, 15) is 4.39 Å². The van der Waals surface area contributed by atoms with E-state index >= 15 is 0 Å². The van der Waals surface area contributed by atoms with Crippen LogP contribution in [0.2, 0.25) is 0 Å². The fourth-order valence-corrected chi connectivity index (χ4v) is 2.88. The van der Waals surface area contributed by atoms with Crippen LogP contribution in [0.1, 0.15) is 38.3 Å². The number of hydrogen-bond donors (Lipinski definition) is 1. The van der Waals surface area contributed by atoms with Crippen molar-refractivity contribution in [2.24, 2.45) is 0 Å². The summed E-state index contributed by atoms with van der Waals surface area (Å²) in [6.07, 6.45) is 2.44. The van der Waals surface area contributed by atoms with Gasteiger partial charge in [0.1, 0.15) is 10.7 Å². The Morgan fingerprint density at radius 3 is 2.70 bits per heavy atom. The van der Waals surface area contributed by atoms with Gasteiger partial charge in [0.15, 0.2) is 5.82 Å². The molecular formula is C15H20FN3S. The van der Waals surface area contributed by atoms with Gasteiger partial charge in [0.25, 0.3) is 0 Å². The molecule has 0 fully saturated rings. The Kier molecular flexibility index (Phi) is 4.50. The average molecular weight is 293 g/mol. The molecule has 2 heterocycles. The molecule has 0 saturated carbocycles. The smallest absolute Gasteiger partial charge is 0.151 e. The number of nitrogens with one attached hydrogen (secondary N) is 1. The van der Waals surface area contributed by atoms with Gasteiger partial charge in [-0.25, -0.2) is 9.37 Å². The van der Waals surface area contributed by atoms with E-state index in [1.54, 1.807) is 12.3 Å². The summed E-state index contributed by atoms with van der Waals surface area (Å²) in [5.74, 6) is -0.320. The highest BCUT2D eigenvalue weighted by Gasteiger charge is 2.17. The van der Waals surface area contributed by atoms with E-state index in [1.165, 1.54) is 17.4 Å². The van der Waals surface area contributed by atoms with Crippen LogP contribution in [0.3, 0.4) is 0 Å². The molecule has 2 aromatic rings. The van der Waals surface area contributed by atoms with E-state index in [2.05, 4.69) is 43.0 Å². The van der Waals surface area contributed by atoms with Crippen molar-refractivity contribution in [1.29, 1.82) is 0 Å². The summed E-state index contributed by atoms with van der Waals surface area (Å²) in [7, 11) is 0. The van der Waals surface area contributed by atoms with E-state index in [-0.39, 0.29) is 11.4 Å². The summed E-state index contributed by atoms with van der Waals surface area (Å²) in [4.78, 5) is 9.79. The zero-order valence-corrected chi connectivity index (χ0v) is 13.1. The molecule has 0 unspecified atom stereocenters. The first-order valence-electron chi connectivity index (χ1n) is 6.75. The number of aromatic nitrogens is 2. The Labute approximate surface area is 123 Å². The van der Waals surface area contributed by atoms with E-state index in [0.717, 1.165) is 23.5 Å². The summed E-state index contributed by atoms with van der Waals surface area (Å²) in [6, 6.07) is 3.01. The minimum Gasteiger partial charge on any atom is -0.307 e. The summed E-state index contributed by atoms with van der Waals surface area (Å²) in [6.45, 7) is 9.18. The Bertz CT molecular complexity index is 587. The molecule has 0 amide bonds. The second-order valence-electron chi connectivity index (χ2n) is 5.68. The number of rotatable bonds is 4. The minimum absolute atomic E-state index is 0.0470. The zero-order valence-electron chi connectivity index (χ0n) is 12.3. The maximum Gasteiger partial charge on any atom is 0.151 e. The van der Waals surface area contributed by atoms with Gasteiger partial charge in [0.05, 0.1) is 5.69 Å². The fraction of sp³-hybridized carbons (Fsp3) is 0.467. The van der Waals surface area contributed by atoms with E-state index in [4.69, 9.17) is 0 Å². The number of nitrogens with zero attached hydrogens (tertiary/aromatic N) is 2. The molecule has 0 aliphatic carbocycles. The van der Waals surface area contributed by atoms with Crippen LogP contribution in [0.15, 0.2) is 18.3 Å². The van der Waals surface area contributed by atoms with Crippen molar-refractivity contribution < 1.29 is 4.39 Å². The maximum atomic E-state index is 13.8. The highest BCUT2D eigenvalue weighted by atomic mass is 32.1. The molecular weight excluding hydrogens is 273 g/mol. The number of halogens is 1. The van der Waals surface area contributed by atoms with Crippen LogP contribution in [0, 0.1) is 5.82 Å². The molecule has 3 nitrogen and oxygen atoms in total. The highest BCUT2D eigenvalue weighted by Crippen LogP contribution is 2.29. The zero-order chi connectivity index (χ0) is 14.8. The van der Waals surface area contributed by atoms with Crippen LogP contribution in [0.5, 0.6) is 0 Å². The molecule has 0 spiro atoms. The summed E-state index contributed by atoms with van der Waals surface area (Å²) in [5.41, 5.74) is 1.41. The lowest BCUT2D eigenvalue weighted by atomic mass is 10.1. The molecule has 0 bridgehead atoms.